The lowest BCUT2D eigenvalue weighted by molar-refractivity contribution is 1.13. The maximum atomic E-state index is 8.79. The van der Waals surface area contributed by atoms with Crippen molar-refractivity contribution >= 4 is 16.6 Å². The van der Waals surface area contributed by atoms with Gasteiger partial charge < -0.3 is 10.3 Å². The summed E-state index contributed by atoms with van der Waals surface area (Å²) in [6.45, 7) is 0. The van der Waals surface area contributed by atoms with Gasteiger partial charge in [0.1, 0.15) is 0 Å². The molecule has 0 atom stereocenters. The molecule has 86 valence electrons. The van der Waals surface area contributed by atoms with Crippen LogP contribution in [0.1, 0.15) is 5.56 Å². The van der Waals surface area contributed by atoms with E-state index < -0.39 is 0 Å². The Labute approximate surface area is 105 Å². The Kier molecular flexibility index (Phi) is 2.28. The normalized spacial score (nSPS) is 10.4. The molecule has 0 aliphatic heterocycles. The number of rotatable bonds is 1. The van der Waals surface area contributed by atoms with E-state index in [1.165, 1.54) is 0 Å². The minimum absolute atomic E-state index is 0.666. The van der Waals surface area contributed by atoms with E-state index in [1.54, 1.807) is 0 Å². The monoisotopic (exact) mass is 233 g/mol. The molecule has 1 heterocycles. The Morgan fingerprint density at radius 1 is 1.00 bits per heavy atom. The predicted molar refractivity (Wildman–Crippen MR) is 72.4 cm³/mol. The van der Waals surface area contributed by atoms with Crippen LogP contribution < -0.4 is 5.73 Å². The van der Waals surface area contributed by atoms with Crippen molar-refractivity contribution in [2.24, 2.45) is 0 Å². The van der Waals surface area contributed by atoms with Crippen LogP contribution in [-0.2, 0) is 0 Å². The fourth-order valence-electron chi connectivity index (χ4n) is 2.08. The van der Waals surface area contributed by atoms with Crippen molar-refractivity contribution in [3.63, 3.8) is 0 Å². The molecule has 0 radical (unpaired) electrons. The number of benzene rings is 2. The number of anilines is 1. The molecular formula is C15H11N3. The summed E-state index contributed by atoms with van der Waals surface area (Å²) in [7, 11) is 0. The molecule has 3 aromatic rings. The Balaban J connectivity index is 2.16. The van der Waals surface area contributed by atoms with E-state index in [9.17, 15) is 0 Å². The van der Waals surface area contributed by atoms with Crippen LogP contribution >= 0.6 is 0 Å². The number of hydrogen-bond acceptors (Lipinski definition) is 2. The molecule has 0 saturated heterocycles. The predicted octanol–water partition coefficient (Wildman–Crippen LogP) is 3.08. The average molecular weight is 233 g/mol. The molecule has 3 nitrogen and oxygen atoms in total. The van der Waals surface area contributed by atoms with E-state index in [1.807, 2.05) is 54.7 Å². The second kappa shape index (κ2) is 3.94. The lowest BCUT2D eigenvalue weighted by Gasteiger charge is -2.05. The van der Waals surface area contributed by atoms with E-state index in [0.717, 1.165) is 22.3 Å². The van der Waals surface area contributed by atoms with Crippen molar-refractivity contribution in [2.75, 3.05) is 5.73 Å². The van der Waals surface area contributed by atoms with Crippen LogP contribution in [0.15, 0.2) is 54.7 Å². The van der Waals surface area contributed by atoms with Crippen LogP contribution in [0.4, 0.5) is 5.69 Å². The van der Waals surface area contributed by atoms with Crippen LogP contribution in [0.3, 0.4) is 0 Å². The molecule has 0 bridgehead atoms. The quantitative estimate of drug-likeness (QED) is 0.656. The first-order valence-electron chi connectivity index (χ1n) is 5.65. The zero-order chi connectivity index (χ0) is 12.5. The van der Waals surface area contributed by atoms with Gasteiger partial charge in [0, 0.05) is 23.0 Å². The van der Waals surface area contributed by atoms with Crippen molar-refractivity contribution in [3.05, 3.63) is 60.3 Å². The molecule has 0 amide bonds. The second-order valence-electron chi connectivity index (χ2n) is 4.16. The van der Waals surface area contributed by atoms with Crippen molar-refractivity contribution < 1.29 is 0 Å². The molecule has 2 N–H and O–H groups in total. The summed E-state index contributed by atoms with van der Waals surface area (Å²) < 4.78 is 2.08. The maximum Gasteiger partial charge on any atom is 0.0991 e. The van der Waals surface area contributed by atoms with Crippen molar-refractivity contribution in [3.8, 4) is 11.8 Å². The van der Waals surface area contributed by atoms with Crippen LogP contribution in [0.2, 0.25) is 0 Å². The standard InChI is InChI=1S/C15H11N3/c16-10-11-1-4-14(5-2-11)18-8-7-12-9-13(17)3-6-15(12)18/h1-9H,17H2. The minimum Gasteiger partial charge on any atom is -0.399 e. The van der Waals surface area contributed by atoms with Gasteiger partial charge in [-0.15, -0.1) is 0 Å². The molecule has 0 aliphatic rings. The SMILES string of the molecule is N#Cc1ccc(-n2ccc3cc(N)ccc32)cc1. The highest BCUT2D eigenvalue weighted by molar-refractivity contribution is 5.84. The first-order chi connectivity index (χ1) is 8.78. The van der Waals surface area contributed by atoms with Crippen LogP contribution in [0.5, 0.6) is 0 Å². The molecule has 18 heavy (non-hydrogen) atoms. The number of fused-ring (bicyclic) bond motifs is 1. The molecule has 0 aliphatic carbocycles. The van der Waals surface area contributed by atoms with Gasteiger partial charge in [0.2, 0.25) is 0 Å². The summed E-state index contributed by atoms with van der Waals surface area (Å²) in [6.07, 6.45) is 2.01. The minimum atomic E-state index is 0.666. The van der Waals surface area contributed by atoms with Crippen molar-refractivity contribution in [2.45, 2.75) is 0 Å². The molecule has 1 aromatic heterocycles. The number of nitrogens with zero attached hydrogens (tertiary/aromatic N) is 2. The first-order valence-corrected chi connectivity index (χ1v) is 5.65. The third-order valence-electron chi connectivity index (χ3n) is 2.99. The second-order valence-corrected chi connectivity index (χ2v) is 4.16. The van der Waals surface area contributed by atoms with E-state index in [2.05, 4.69) is 10.6 Å². The zero-order valence-corrected chi connectivity index (χ0v) is 9.67. The van der Waals surface area contributed by atoms with Gasteiger partial charge in [-0.3, -0.25) is 0 Å². The summed E-state index contributed by atoms with van der Waals surface area (Å²) in [4.78, 5) is 0. The van der Waals surface area contributed by atoms with Gasteiger partial charge in [-0.2, -0.15) is 5.26 Å². The molecule has 3 heteroatoms. The van der Waals surface area contributed by atoms with Gasteiger partial charge in [-0.1, -0.05) is 0 Å². The smallest absolute Gasteiger partial charge is 0.0991 e. The lowest BCUT2D eigenvalue weighted by Crippen LogP contribution is -1.92. The first kappa shape index (κ1) is 10.4. The number of nitriles is 1. The third-order valence-corrected chi connectivity index (χ3v) is 2.99. The van der Waals surface area contributed by atoms with E-state index in [0.29, 0.717) is 5.56 Å². The van der Waals surface area contributed by atoms with Gasteiger partial charge in [-0.05, 0) is 48.5 Å². The largest absolute Gasteiger partial charge is 0.399 e. The fraction of sp³-hybridized carbons (Fsp3) is 0. The number of nitrogens with two attached hydrogens (primary N) is 1. The average Bonchev–Trinajstić information content (AvgIpc) is 2.81. The highest BCUT2D eigenvalue weighted by Gasteiger charge is 2.03. The molecule has 0 saturated carbocycles. The molecule has 0 fully saturated rings. The van der Waals surface area contributed by atoms with Crippen LogP contribution in [0, 0.1) is 11.3 Å². The summed E-state index contributed by atoms with van der Waals surface area (Å²) in [5.41, 5.74) is 9.34. The molecule has 2 aromatic carbocycles. The highest BCUT2D eigenvalue weighted by atomic mass is 15.0. The maximum absolute atomic E-state index is 8.79. The van der Waals surface area contributed by atoms with Crippen molar-refractivity contribution in [1.82, 2.24) is 4.57 Å². The van der Waals surface area contributed by atoms with E-state index in [4.69, 9.17) is 11.0 Å². The van der Waals surface area contributed by atoms with E-state index in [-0.39, 0.29) is 0 Å². The number of hydrogen-bond donors (Lipinski definition) is 1. The fourth-order valence-corrected chi connectivity index (χ4v) is 2.08. The lowest BCUT2D eigenvalue weighted by atomic mass is 10.2. The van der Waals surface area contributed by atoms with Gasteiger partial charge in [-0.25, -0.2) is 0 Å². The van der Waals surface area contributed by atoms with Gasteiger partial charge in [0.25, 0.3) is 0 Å². The van der Waals surface area contributed by atoms with Crippen LogP contribution in [0.25, 0.3) is 16.6 Å². The Morgan fingerprint density at radius 3 is 2.50 bits per heavy atom. The molecule has 0 spiro atoms. The molecular weight excluding hydrogens is 222 g/mol. The third kappa shape index (κ3) is 1.61. The van der Waals surface area contributed by atoms with Crippen LogP contribution in [-0.4, -0.2) is 4.57 Å². The highest BCUT2D eigenvalue weighted by Crippen LogP contribution is 2.22. The molecule has 0 unspecified atom stereocenters. The molecule has 3 rings (SSSR count). The Bertz CT molecular complexity index is 745. The van der Waals surface area contributed by atoms with Gasteiger partial charge in [0.05, 0.1) is 17.1 Å². The Hall–Kier alpha value is -2.73. The summed E-state index contributed by atoms with van der Waals surface area (Å²) >= 11 is 0. The van der Waals surface area contributed by atoms with E-state index >= 15 is 0 Å². The van der Waals surface area contributed by atoms with Gasteiger partial charge >= 0.3 is 0 Å². The summed E-state index contributed by atoms with van der Waals surface area (Å²) in [5, 5.41) is 9.90. The summed E-state index contributed by atoms with van der Waals surface area (Å²) in [5.74, 6) is 0. The van der Waals surface area contributed by atoms with Crippen molar-refractivity contribution in [1.29, 1.82) is 5.26 Å². The number of aromatic nitrogens is 1. The zero-order valence-electron chi connectivity index (χ0n) is 9.67. The summed E-state index contributed by atoms with van der Waals surface area (Å²) in [6, 6.07) is 17.5. The Morgan fingerprint density at radius 2 is 1.78 bits per heavy atom. The number of nitrogen functional groups attached to an aromatic ring is 1. The topological polar surface area (TPSA) is 54.7 Å². The van der Waals surface area contributed by atoms with Gasteiger partial charge in [0.15, 0.2) is 0 Å².